The van der Waals surface area contributed by atoms with E-state index in [0.29, 0.717) is 25.0 Å². The van der Waals surface area contributed by atoms with Gasteiger partial charge in [0, 0.05) is 6.54 Å². The second-order valence-corrected chi connectivity index (χ2v) is 4.29. The Morgan fingerprint density at radius 3 is 2.65 bits per heavy atom. The van der Waals surface area contributed by atoms with Crippen LogP contribution in [0.4, 0.5) is 14.5 Å². The largest absolute Gasteiger partial charge is 0.393 e. The minimum absolute atomic E-state index is 0.182. The number of nitro groups is 1. The average molecular weight is 288 g/mol. The number of nitrogens with one attached hydrogen (secondary N) is 1. The molecular weight excluding hydrogens is 274 g/mol. The van der Waals surface area contributed by atoms with Gasteiger partial charge in [0.2, 0.25) is 5.82 Å². The molecule has 0 aromatic heterocycles. The summed E-state index contributed by atoms with van der Waals surface area (Å²) >= 11 is 0. The summed E-state index contributed by atoms with van der Waals surface area (Å²) in [6.07, 6.45) is 0.415. The quantitative estimate of drug-likeness (QED) is 0.474. The first-order valence-corrected chi connectivity index (χ1v) is 5.92. The molecule has 0 fully saturated rings. The second kappa shape index (κ2) is 6.90. The maximum atomic E-state index is 13.5. The van der Waals surface area contributed by atoms with Gasteiger partial charge in [0.15, 0.2) is 0 Å². The zero-order valence-corrected chi connectivity index (χ0v) is 10.7. The van der Waals surface area contributed by atoms with Gasteiger partial charge in [-0.15, -0.1) is 0 Å². The zero-order valence-electron chi connectivity index (χ0n) is 10.7. The molecule has 1 amide bonds. The van der Waals surface area contributed by atoms with Crippen LogP contribution in [0.5, 0.6) is 0 Å². The molecule has 110 valence electrons. The van der Waals surface area contributed by atoms with Crippen LogP contribution in [-0.2, 0) is 0 Å². The number of amides is 1. The van der Waals surface area contributed by atoms with E-state index in [9.17, 15) is 23.7 Å². The first kappa shape index (κ1) is 16.0. The number of hydrogen-bond acceptors (Lipinski definition) is 4. The number of aliphatic hydroxyl groups excluding tert-OH is 1. The number of aliphatic hydroxyl groups is 1. The number of nitro benzene ring substituents is 1. The molecule has 1 rings (SSSR count). The Labute approximate surface area is 113 Å². The van der Waals surface area contributed by atoms with Crippen molar-refractivity contribution >= 4 is 11.6 Å². The van der Waals surface area contributed by atoms with Gasteiger partial charge < -0.3 is 10.4 Å². The van der Waals surface area contributed by atoms with Crippen LogP contribution in [0.15, 0.2) is 12.1 Å². The SMILES string of the molecule is CC(O)CCCNC(=O)c1cc(F)c([N+](=O)[O-])cc1F. The van der Waals surface area contributed by atoms with E-state index >= 15 is 0 Å². The van der Waals surface area contributed by atoms with Crippen LogP contribution in [0.25, 0.3) is 0 Å². The van der Waals surface area contributed by atoms with Crippen LogP contribution in [0.3, 0.4) is 0 Å². The number of benzene rings is 1. The predicted octanol–water partition coefficient (Wildman–Crippen LogP) is 1.76. The summed E-state index contributed by atoms with van der Waals surface area (Å²) in [5.74, 6) is -3.29. The van der Waals surface area contributed by atoms with Crippen molar-refractivity contribution in [2.24, 2.45) is 0 Å². The minimum Gasteiger partial charge on any atom is -0.393 e. The molecule has 0 spiro atoms. The van der Waals surface area contributed by atoms with Crippen LogP contribution < -0.4 is 5.32 Å². The van der Waals surface area contributed by atoms with Gasteiger partial charge in [-0.2, -0.15) is 4.39 Å². The highest BCUT2D eigenvalue weighted by molar-refractivity contribution is 5.94. The van der Waals surface area contributed by atoms with Crippen LogP contribution in [-0.4, -0.2) is 28.6 Å². The van der Waals surface area contributed by atoms with E-state index in [4.69, 9.17) is 5.11 Å². The van der Waals surface area contributed by atoms with Gasteiger partial charge >= 0.3 is 5.69 Å². The van der Waals surface area contributed by atoms with Crippen LogP contribution in [0, 0.1) is 21.7 Å². The van der Waals surface area contributed by atoms with Crippen molar-refractivity contribution in [1.82, 2.24) is 5.32 Å². The molecule has 0 saturated heterocycles. The Morgan fingerprint density at radius 2 is 2.10 bits per heavy atom. The summed E-state index contributed by atoms with van der Waals surface area (Å²) in [6.45, 7) is 1.77. The van der Waals surface area contributed by atoms with Gasteiger partial charge in [-0.05, 0) is 25.8 Å². The molecule has 1 aromatic rings. The lowest BCUT2D eigenvalue weighted by molar-refractivity contribution is -0.387. The highest BCUT2D eigenvalue weighted by Gasteiger charge is 2.21. The average Bonchev–Trinajstić information content (AvgIpc) is 2.36. The van der Waals surface area contributed by atoms with Gasteiger partial charge in [0.25, 0.3) is 5.91 Å². The van der Waals surface area contributed by atoms with Gasteiger partial charge in [-0.3, -0.25) is 14.9 Å². The number of carbonyl (C=O) groups is 1. The van der Waals surface area contributed by atoms with E-state index in [-0.39, 0.29) is 6.54 Å². The summed E-state index contributed by atoms with van der Waals surface area (Å²) < 4.78 is 26.8. The minimum atomic E-state index is -1.27. The molecule has 1 atom stereocenters. The molecule has 0 aliphatic heterocycles. The van der Waals surface area contributed by atoms with E-state index in [1.807, 2.05) is 0 Å². The smallest absolute Gasteiger partial charge is 0.307 e. The lowest BCUT2D eigenvalue weighted by Gasteiger charge is -2.07. The monoisotopic (exact) mass is 288 g/mol. The molecule has 1 unspecified atom stereocenters. The Balaban J connectivity index is 2.74. The van der Waals surface area contributed by atoms with Gasteiger partial charge in [-0.1, -0.05) is 0 Å². The normalized spacial score (nSPS) is 12.0. The summed E-state index contributed by atoms with van der Waals surface area (Å²) in [6, 6.07) is 0.873. The fraction of sp³-hybridized carbons (Fsp3) is 0.417. The second-order valence-electron chi connectivity index (χ2n) is 4.29. The maximum absolute atomic E-state index is 13.5. The Morgan fingerprint density at radius 1 is 1.45 bits per heavy atom. The number of rotatable bonds is 6. The Bertz CT molecular complexity index is 520. The molecule has 0 bridgehead atoms. The summed E-state index contributed by atoms with van der Waals surface area (Å²) in [7, 11) is 0. The molecule has 0 aliphatic rings. The Kier molecular flexibility index (Phi) is 5.51. The highest BCUT2D eigenvalue weighted by Crippen LogP contribution is 2.21. The first-order chi connectivity index (χ1) is 9.32. The van der Waals surface area contributed by atoms with E-state index in [1.165, 1.54) is 0 Å². The number of carbonyl (C=O) groups excluding carboxylic acids is 1. The molecule has 6 nitrogen and oxygen atoms in total. The molecule has 0 aliphatic carbocycles. The Hall–Kier alpha value is -2.09. The summed E-state index contributed by atoms with van der Waals surface area (Å²) in [5.41, 5.74) is -1.61. The number of nitrogens with zero attached hydrogens (tertiary/aromatic N) is 1. The molecule has 20 heavy (non-hydrogen) atoms. The number of hydrogen-bond donors (Lipinski definition) is 2. The van der Waals surface area contributed by atoms with Gasteiger partial charge in [0.1, 0.15) is 5.82 Å². The van der Waals surface area contributed by atoms with Crippen molar-refractivity contribution in [2.45, 2.75) is 25.9 Å². The van der Waals surface area contributed by atoms with Crippen molar-refractivity contribution < 1.29 is 23.6 Å². The van der Waals surface area contributed by atoms with E-state index in [0.717, 1.165) is 0 Å². The van der Waals surface area contributed by atoms with Crippen molar-refractivity contribution in [2.75, 3.05) is 6.54 Å². The standard InChI is InChI=1S/C12H14F2N2O4/c1-7(17)3-2-4-15-12(18)8-5-10(14)11(16(19)20)6-9(8)13/h5-7,17H,2-4H2,1H3,(H,15,18). The molecule has 0 saturated carbocycles. The van der Waals surface area contributed by atoms with Crippen LogP contribution >= 0.6 is 0 Å². The van der Waals surface area contributed by atoms with E-state index < -0.39 is 39.8 Å². The topological polar surface area (TPSA) is 92.5 Å². The van der Waals surface area contributed by atoms with Crippen molar-refractivity contribution in [3.05, 3.63) is 39.4 Å². The lowest BCUT2D eigenvalue weighted by atomic mass is 10.1. The van der Waals surface area contributed by atoms with Crippen molar-refractivity contribution in [3.63, 3.8) is 0 Å². The molecule has 0 radical (unpaired) electrons. The maximum Gasteiger partial charge on any atom is 0.307 e. The van der Waals surface area contributed by atoms with E-state index in [2.05, 4.69) is 5.32 Å². The van der Waals surface area contributed by atoms with Crippen molar-refractivity contribution in [1.29, 1.82) is 0 Å². The van der Waals surface area contributed by atoms with E-state index in [1.54, 1.807) is 6.92 Å². The molecule has 8 heteroatoms. The summed E-state index contributed by atoms with van der Waals surface area (Å²) in [5, 5.41) is 21.8. The van der Waals surface area contributed by atoms with Crippen molar-refractivity contribution in [3.8, 4) is 0 Å². The third-order valence-corrected chi connectivity index (χ3v) is 2.56. The van der Waals surface area contributed by atoms with Crippen LogP contribution in [0.1, 0.15) is 30.1 Å². The lowest BCUT2D eigenvalue weighted by Crippen LogP contribution is -2.26. The first-order valence-electron chi connectivity index (χ1n) is 5.92. The number of halogens is 2. The molecule has 0 heterocycles. The van der Waals surface area contributed by atoms with Gasteiger partial charge in [0.05, 0.1) is 22.7 Å². The summed E-state index contributed by atoms with van der Waals surface area (Å²) in [4.78, 5) is 20.9. The zero-order chi connectivity index (χ0) is 15.3. The fourth-order valence-corrected chi connectivity index (χ4v) is 1.54. The highest BCUT2D eigenvalue weighted by atomic mass is 19.1. The molecule has 2 N–H and O–H groups in total. The fourth-order valence-electron chi connectivity index (χ4n) is 1.54. The molecular formula is C12H14F2N2O4. The third-order valence-electron chi connectivity index (χ3n) is 2.56. The molecule has 1 aromatic carbocycles. The van der Waals surface area contributed by atoms with Gasteiger partial charge in [-0.25, -0.2) is 4.39 Å². The predicted molar refractivity (Wildman–Crippen MR) is 66.3 cm³/mol. The third kappa shape index (κ3) is 4.23. The van der Waals surface area contributed by atoms with Crippen LogP contribution in [0.2, 0.25) is 0 Å².